The number of imidazole rings is 1. The normalized spacial score (nSPS) is 10.8. The topological polar surface area (TPSA) is 57.8 Å². The number of hydrogen-bond acceptors (Lipinski definition) is 2. The first kappa shape index (κ1) is 14.1. The number of pyridine rings is 1. The van der Waals surface area contributed by atoms with Gasteiger partial charge in [0.15, 0.2) is 0 Å². The average molecular weight is 299 g/mol. The van der Waals surface area contributed by atoms with Gasteiger partial charge in [-0.3, -0.25) is 4.90 Å². The zero-order valence-electron chi connectivity index (χ0n) is 11.7. The number of hydrogen-bond donors (Lipinski definition) is 1. The van der Waals surface area contributed by atoms with E-state index in [0.717, 1.165) is 16.2 Å². The van der Waals surface area contributed by atoms with Crippen molar-refractivity contribution in [2.24, 2.45) is 0 Å². The molecule has 0 spiro atoms. The zero-order valence-corrected chi connectivity index (χ0v) is 11.7. The number of aromatic nitrogens is 2. The molecule has 3 rings (SSSR count). The molecule has 0 fully saturated rings. The SMILES string of the molecule is O=C(O)N(CCF)c1ccn2cc(-c3ccccc3)nc2c1. The zero-order chi connectivity index (χ0) is 15.5. The summed E-state index contributed by atoms with van der Waals surface area (Å²) in [6, 6.07) is 13.0. The summed E-state index contributed by atoms with van der Waals surface area (Å²) in [7, 11) is 0. The van der Waals surface area contributed by atoms with Crippen molar-refractivity contribution in [3.8, 4) is 11.3 Å². The lowest BCUT2D eigenvalue weighted by molar-refractivity contribution is 0.201. The average Bonchev–Trinajstić information content (AvgIpc) is 2.96. The van der Waals surface area contributed by atoms with E-state index in [1.807, 2.05) is 36.5 Å². The minimum atomic E-state index is -1.18. The Morgan fingerprint density at radius 2 is 2.05 bits per heavy atom. The van der Waals surface area contributed by atoms with Crippen LogP contribution in [0.25, 0.3) is 16.9 Å². The van der Waals surface area contributed by atoms with Gasteiger partial charge in [0.1, 0.15) is 12.3 Å². The van der Waals surface area contributed by atoms with Crippen LogP contribution in [0.15, 0.2) is 54.9 Å². The van der Waals surface area contributed by atoms with Gasteiger partial charge in [0.25, 0.3) is 0 Å². The van der Waals surface area contributed by atoms with Gasteiger partial charge in [0.05, 0.1) is 17.9 Å². The minimum absolute atomic E-state index is 0.197. The molecule has 0 atom stereocenters. The fraction of sp³-hybridized carbons (Fsp3) is 0.125. The van der Waals surface area contributed by atoms with E-state index in [1.54, 1.807) is 22.7 Å². The first-order valence-electron chi connectivity index (χ1n) is 6.79. The first-order valence-corrected chi connectivity index (χ1v) is 6.79. The van der Waals surface area contributed by atoms with E-state index in [1.165, 1.54) is 0 Å². The molecule has 2 aromatic heterocycles. The molecule has 0 aliphatic carbocycles. The second-order valence-electron chi connectivity index (χ2n) is 4.77. The Balaban J connectivity index is 2.01. The van der Waals surface area contributed by atoms with E-state index < -0.39 is 12.8 Å². The molecule has 0 aliphatic rings. The van der Waals surface area contributed by atoms with Crippen LogP contribution in [0.1, 0.15) is 0 Å². The summed E-state index contributed by atoms with van der Waals surface area (Å²) in [5.74, 6) is 0. The lowest BCUT2D eigenvalue weighted by Gasteiger charge is -2.17. The number of benzene rings is 1. The molecular weight excluding hydrogens is 285 g/mol. The Hall–Kier alpha value is -2.89. The largest absolute Gasteiger partial charge is 0.465 e. The maximum atomic E-state index is 12.5. The number of carboxylic acid groups (broad SMARTS) is 1. The van der Waals surface area contributed by atoms with Gasteiger partial charge in [-0.25, -0.2) is 14.2 Å². The van der Waals surface area contributed by atoms with Crippen LogP contribution in [0.5, 0.6) is 0 Å². The van der Waals surface area contributed by atoms with E-state index in [2.05, 4.69) is 4.98 Å². The van der Waals surface area contributed by atoms with Crippen LogP contribution in [0, 0.1) is 0 Å². The molecule has 1 amide bonds. The maximum absolute atomic E-state index is 12.5. The number of alkyl halides is 1. The quantitative estimate of drug-likeness (QED) is 0.802. The molecule has 0 saturated heterocycles. The van der Waals surface area contributed by atoms with Crippen LogP contribution in [0.2, 0.25) is 0 Å². The highest BCUT2D eigenvalue weighted by molar-refractivity contribution is 5.86. The van der Waals surface area contributed by atoms with Crippen LogP contribution in [-0.2, 0) is 0 Å². The van der Waals surface area contributed by atoms with Crippen LogP contribution >= 0.6 is 0 Å². The Morgan fingerprint density at radius 1 is 1.27 bits per heavy atom. The molecule has 6 heteroatoms. The molecular formula is C16H14FN3O2. The predicted molar refractivity (Wildman–Crippen MR) is 82.0 cm³/mol. The molecule has 0 bridgehead atoms. The number of amides is 1. The lowest BCUT2D eigenvalue weighted by atomic mass is 10.2. The second kappa shape index (κ2) is 5.85. The summed E-state index contributed by atoms with van der Waals surface area (Å²) < 4.78 is 14.3. The highest BCUT2D eigenvalue weighted by atomic mass is 19.1. The summed E-state index contributed by atoms with van der Waals surface area (Å²) >= 11 is 0. The van der Waals surface area contributed by atoms with Crippen molar-refractivity contribution < 1.29 is 14.3 Å². The van der Waals surface area contributed by atoms with Crippen LogP contribution in [-0.4, -0.2) is 33.8 Å². The fourth-order valence-corrected chi connectivity index (χ4v) is 2.31. The Bertz CT molecular complexity index is 802. The summed E-state index contributed by atoms with van der Waals surface area (Å²) in [6.45, 7) is -0.932. The summed E-state index contributed by atoms with van der Waals surface area (Å²) in [5, 5.41) is 9.15. The summed E-state index contributed by atoms with van der Waals surface area (Å²) in [4.78, 5) is 16.6. The number of rotatable bonds is 4. The van der Waals surface area contributed by atoms with Gasteiger partial charge >= 0.3 is 6.09 Å². The molecule has 0 radical (unpaired) electrons. The van der Waals surface area contributed by atoms with Crippen molar-refractivity contribution >= 4 is 17.4 Å². The Morgan fingerprint density at radius 3 is 2.73 bits per heavy atom. The molecule has 5 nitrogen and oxygen atoms in total. The van der Waals surface area contributed by atoms with Crippen molar-refractivity contribution in [3.05, 3.63) is 54.9 Å². The summed E-state index contributed by atoms with van der Waals surface area (Å²) in [6.07, 6.45) is 2.41. The number of anilines is 1. The number of carbonyl (C=O) groups is 1. The van der Waals surface area contributed by atoms with Crippen molar-refractivity contribution in [2.75, 3.05) is 18.1 Å². The highest BCUT2D eigenvalue weighted by Crippen LogP contribution is 2.22. The van der Waals surface area contributed by atoms with E-state index in [9.17, 15) is 9.18 Å². The van der Waals surface area contributed by atoms with Crippen molar-refractivity contribution in [2.45, 2.75) is 0 Å². The smallest absolute Gasteiger partial charge is 0.411 e. The molecule has 112 valence electrons. The maximum Gasteiger partial charge on any atom is 0.411 e. The fourth-order valence-electron chi connectivity index (χ4n) is 2.31. The van der Waals surface area contributed by atoms with Gasteiger partial charge in [0.2, 0.25) is 0 Å². The monoisotopic (exact) mass is 299 g/mol. The standard InChI is InChI=1S/C16H14FN3O2/c17-7-9-20(16(21)22)13-6-8-19-11-14(18-15(19)10-13)12-4-2-1-3-5-12/h1-6,8,10-11H,7,9H2,(H,21,22). The molecule has 1 aromatic carbocycles. The van der Waals surface area contributed by atoms with E-state index >= 15 is 0 Å². The second-order valence-corrected chi connectivity index (χ2v) is 4.77. The van der Waals surface area contributed by atoms with Gasteiger partial charge in [0, 0.05) is 24.0 Å². The van der Waals surface area contributed by atoms with Crippen LogP contribution in [0.4, 0.5) is 14.9 Å². The third-order valence-corrected chi connectivity index (χ3v) is 3.36. The lowest BCUT2D eigenvalue weighted by Crippen LogP contribution is -2.31. The Kier molecular flexibility index (Phi) is 3.74. The van der Waals surface area contributed by atoms with Crippen molar-refractivity contribution in [1.82, 2.24) is 9.38 Å². The highest BCUT2D eigenvalue weighted by Gasteiger charge is 2.15. The predicted octanol–water partition coefficient (Wildman–Crippen LogP) is 3.46. The number of halogens is 1. The molecule has 1 N–H and O–H groups in total. The van der Waals surface area contributed by atoms with Gasteiger partial charge in [-0.1, -0.05) is 30.3 Å². The van der Waals surface area contributed by atoms with Crippen LogP contribution in [0.3, 0.4) is 0 Å². The number of nitrogens with zero attached hydrogens (tertiary/aromatic N) is 3. The molecule has 22 heavy (non-hydrogen) atoms. The minimum Gasteiger partial charge on any atom is -0.465 e. The van der Waals surface area contributed by atoms with Gasteiger partial charge < -0.3 is 9.51 Å². The van der Waals surface area contributed by atoms with E-state index in [-0.39, 0.29) is 6.54 Å². The van der Waals surface area contributed by atoms with E-state index in [0.29, 0.717) is 11.3 Å². The van der Waals surface area contributed by atoms with Crippen molar-refractivity contribution in [1.29, 1.82) is 0 Å². The number of fused-ring (bicyclic) bond motifs is 1. The molecule has 0 aliphatic heterocycles. The van der Waals surface area contributed by atoms with Gasteiger partial charge in [-0.15, -0.1) is 0 Å². The first-order chi connectivity index (χ1) is 10.7. The third kappa shape index (κ3) is 2.63. The van der Waals surface area contributed by atoms with Crippen LogP contribution < -0.4 is 4.90 Å². The molecule has 0 saturated carbocycles. The van der Waals surface area contributed by atoms with Crippen molar-refractivity contribution in [3.63, 3.8) is 0 Å². The molecule has 0 unspecified atom stereocenters. The molecule has 2 heterocycles. The third-order valence-electron chi connectivity index (χ3n) is 3.36. The Labute approximate surface area is 126 Å². The van der Waals surface area contributed by atoms with E-state index in [4.69, 9.17) is 5.11 Å². The van der Waals surface area contributed by atoms with Gasteiger partial charge in [-0.2, -0.15) is 0 Å². The summed E-state index contributed by atoms with van der Waals surface area (Å²) in [5.41, 5.74) is 2.79. The molecule has 3 aromatic rings. The van der Waals surface area contributed by atoms with Gasteiger partial charge in [-0.05, 0) is 6.07 Å².